The topological polar surface area (TPSA) is 65.1 Å². The highest BCUT2D eigenvalue weighted by Gasteiger charge is 2.25. The van der Waals surface area contributed by atoms with Gasteiger partial charge in [-0.15, -0.1) is 0 Å². The van der Waals surface area contributed by atoms with Crippen molar-refractivity contribution in [2.24, 2.45) is 0 Å². The molecule has 0 aliphatic carbocycles. The molecule has 104 valence electrons. The summed E-state index contributed by atoms with van der Waals surface area (Å²) in [6, 6.07) is 8.54. The van der Waals surface area contributed by atoms with Crippen LogP contribution in [0, 0.1) is 0 Å². The lowest BCUT2D eigenvalue weighted by Gasteiger charge is -2.25. The minimum atomic E-state index is -0.773. The fraction of sp³-hybridized carbons (Fsp3) is 0.385. The minimum absolute atomic E-state index is 0.145. The number of rotatable bonds is 7. The van der Waals surface area contributed by atoms with Gasteiger partial charge < -0.3 is 14.3 Å². The van der Waals surface area contributed by atoms with Crippen LogP contribution in [0.1, 0.15) is 5.56 Å². The Kier molecular flexibility index (Phi) is 6.56. The molecule has 0 radical (unpaired) electrons. The van der Waals surface area contributed by atoms with Crippen molar-refractivity contribution >= 4 is 12.4 Å². The van der Waals surface area contributed by atoms with Crippen LogP contribution in [0.3, 0.4) is 0 Å². The maximum absolute atomic E-state index is 11.6. The van der Waals surface area contributed by atoms with E-state index in [0.29, 0.717) is 12.7 Å². The Morgan fingerprint density at radius 2 is 2.00 bits per heavy atom. The molecule has 19 heavy (non-hydrogen) atoms. The molecule has 0 aliphatic rings. The van der Waals surface area contributed by atoms with E-state index in [2.05, 4.69) is 4.74 Å². The molecule has 0 saturated heterocycles. The highest BCUT2D eigenvalue weighted by molar-refractivity contribution is 5.72. The van der Waals surface area contributed by atoms with Gasteiger partial charge in [-0.25, -0.2) is 9.63 Å². The Morgan fingerprint density at radius 3 is 2.53 bits per heavy atom. The minimum Gasteiger partial charge on any atom is -0.451 e. The standard InChI is InChI=1S/C13H17NO5/c1-17-10-19-14(13(16)18-2)12(9-15)8-11-6-4-3-5-7-11/h3-7,9,12H,8,10H2,1-2H3/t12-/m1/s1. The molecule has 0 bridgehead atoms. The van der Waals surface area contributed by atoms with Crippen molar-refractivity contribution in [1.29, 1.82) is 0 Å². The van der Waals surface area contributed by atoms with Crippen molar-refractivity contribution in [3.63, 3.8) is 0 Å². The summed E-state index contributed by atoms with van der Waals surface area (Å²) in [7, 11) is 2.64. The van der Waals surface area contributed by atoms with Crippen molar-refractivity contribution in [3.8, 4) is 0 Å². The Labute approximate surface area is 111 Å². The SMILES string of the molecule is COCON(C(=O)OC)[C@@H](C=O)Cc1ccccc1. The van der Waals surface area contributed by atoms with Crippen molar-refractivity contribution < 1.29 is 23.9 Å². The van der Waals surface area contributed by atoms with Crippen molar-refractivity contribution in [1.82, 2.24) is 5.06 Å². The molecule has 6 heteroatoms. The summed E-state index contributed by atoms with van der Waals surface area (Å²) in [4.78, 5) is 27.8. The van der Waals surface area contributed by atoms with Crippen LogP contribution >= 0.6 is 0 Å². The molecule has 1 rings (SSSR count). The first-order chi connectivity index (χ1) is 9.22. The van der Waals surface area contributed by atoms with Crippen molar-refractivity contribution in [2.75, 3.05) is 21.0 Å². The molecule has 0 saturated carbocycles. The van der Waals surface area contributed by atoms with E-state index in [4.69, 9.17) is 9.57 Å². The predicted molar refractivity (Wildman–Crippen MR) is 67.2 cm³/mol. The molecule has 6 nitrogen and oxygen atoms in total. The van der Waals surface area contributed by atoms with Crippen LogP contribution in [-0.2, 0) is 25.5 Å². The van der Waals surface area contributed by atoms with Gasteiger partial charge >= 0.3 is 6.09 Å². The number of hydroxylamine groups is 2. The molecule has 1 atom stereocenters. The number of carbonyl (C=O) groups excluding carboxylic acids is 2. The molecule has 0 spiro atoms. The molecule has 0 fully saturated rings. The normalized spacial score (nSPS) is 11.7. The fourth-order valence-electron chi connectivity index (χ4n) is 1.53. The zero-order valence-corrected chi connectivity index (χ0v) is 10.9. The number of amides is 1. The third kappa shape index (κ3) is 4.69. The number of ether oxygens (including phenoxy) is 2. The number of hydrogen-bond donors (Lipinski definition) is 0. The van der Waals surface area contributed by atoms with Gasteiger partial charge in [0, 0.05) is 13.5 Å². The summed E-state index contributed by atoms with van der Waals surface area (Å²) in [6.45, 7) is -0.145. The summed E-state index contributed by atoms with van der Waals surface area (Å²) in [5.74, 6) is 0. The van der Waals surface area contributed by atoms with E-state index in [1.807, 2.05) is 30.3 Å². The van der Waals surface area contributed by atoms with Crippen LogP contribution in [0.15, 0.2) is 30.3 Å². The molecule has 1 aromatic rings. The molecular weight excluding hydrogens is 250 g/mol. The molecule has 0 N–H and O–H groups in total. The molecule has 1 aromatic carbocycles. The summed E-state index contributed by atoms with van der Waals surface area (Å²) in [5, 5.41) is 0.878. The largest absolute Gasteiger partial charge is 0.451 e. The van der Waals surface area contributed by atoms with E-state index < -0.39 is 12.1 Å². The molecule has 0 heterocycles. The van der Waals surface area contributed by atoms with Crippen LogP contribution in [-0.4, -0.2) is 44.5 Å². The van der Waals surface area contributed by atoms with Gasteiger partial charge in [0.25, 0.3) is 0 Å². The maximum atomic E-state index is 11.6. The van der Waals surface area contributed by atoms with Crippen LogP contribution in [0.25, 0.3) is 0 Å². The van der Waals surface area contributed by atoms with Crippen LogP contribution < -0.4 is 0 Å². The Hall–Kier alpha value is -1.92. The highest BCUT2D eigenvalue weighted by Crippen LogP contribution is 2.09. The van der Waals surface area contributed by atoms with Crippen LogP contribution in [0.5, 0.6) is 0 Å². The first-order valence-corrected chi connectivity index (χ1v) is 5.71. The molecule has 0 unspecified atom stereocenters. The van der Waals surface area contributed by atoms with E-state index >= 15 is 0 Å². The first-order valence-electron chi connectivity index (χ1n) is 5.71. The summed E-state index contributed by atoms with van der Waals surface area (Å²) < 4.78 is 9.30. The Morgan fingerprint density at radius 1 is 1.32 bits per heavy atom. The van der Waals surface area contributed by atoms with Gasteiger partial charge in [0.2, 0.25) is 0 Å². The van der Waals surface area contributed by atoms with E-state index in [0.717, 1.165) is 10.6 Å². The van der Waals surface area contributed by atoms with Crippen molar-refractivity contribution in [3.05, 3.63) is 35.9 Å². The molecule has 0 aliphatic heterocycles. The zero-order valence-electron chi connectivity index (χ0n) is 10.9. The maximum Gasteiger partial charge on any atom is 0.434 e. The third-order valence-corrected chi connectivity index (χ3v) is 2.41. The van der Waals surface area contributed by atoms with Gasteiger partial charge in [-0.3, -0.25) is 0 Å². The van der Waals surface area contributed by atoms with Gasteiger partial charge in [0.15, 0.2) is 6.79 Å². The lowest BCUT2D eigenvalue weighted by atomic mass is 10.1. The van der Waals surface area contributed by atoms with Gasteiger partial charge in [-0.1, -0.05) is 30.3 Å². The average Bonchev–Trinajstić information content (AvgIpc) is 2.46. The molecular formula is C13H17NO5. The predicted octanol–water partition coefficient (Wildman–Crippen LogP) is 1.40. The quantitative estimate of drug-likeness (QED) is 0.424. The summed E-state index contributed by atoms with van der Waals surface area (Å²) >= 11 is 0. The monoisotopic (exact) mass is 267 g/mol. The van der Waals surface area contributed by atoms with E-state index in [-0.39, 0.29) is 6.79 Å². The van der Waals surface area contributed by atoms with Gasteiger partial charge in [-0.05, 0) is 5.56 Å². The van der Waals surface area contributed by atoms with E-state index in [1.165, 1.54) is 14.2 Å². The highest BCUT2D eigenvalue weighted by atomic mass is 16.8. The Bertz CT molecular complexity index is 395. The number of hydrogen-bond acceptors (Lipinski definition) is 5. The van der Waals surface area contributed by atoms with E-state index in [9.17, 15) is 9.59 Å². The molecule has 1 amide bonds. The fourth-order valence-corrected chi connectivity index (χ4v) is 1.53. The second kappa shape index (κ2) is 8.23. The number of nitrogens with zero attached hydrogens (tertiary/aromatic N) is 1. The number of methoxy groups -OCH3 is 2. The van der Waals surface area contributed by atoms with Gasteiger partial charge in [0.05, 0.1) is 7.11 Å². The lowest BCUT2D eigenvalue weighted by Crippen LogP contribution is -2.43. The average molecular weight is 267 g/mol. The summed E-state index contributed by atoms with van der Waals surface area (Å²) in [6.07, 6.45) is 0.230. The third-order valence-electron chi connectivity index (χ3n) is 2.41. The van der Waals surface area contributed by atoms with Crippen LogP contribution in [0.4, 0.5) is 4.79 Å². The van der Waals surface area contributed by atoms with Crippen LogP contribution in [0.2, 0.25) is 0 Å². The van der Waals surface area contributed by atoms with Crippen molar-refractivity contribution in [2.45, 2.75) is 12.5 Å². The number of aldehydes is 1. The van der Waals surface area contributed by atoms with E-state index in [1.54, 1.807) is 0 Å². The first kappa shape index (κ1) is 15.1. The Balaban J connectivity index is 2.77. The number of benzene rings is 1. The second-order valence-corrected chi connectivity index (χ2v) is 3.72. The smallest absolute Gasteiger partial charge is 0.434 e. The zero-order chi connectivity index (χ0) is 14.1. The summed E-state index contributed by atoms with van der Waals surface area (Å²) in [5.41, 5.74) is 0.912. The van der Waals surface area contributed by atoms with Gasteiger partial charge in [0.1, 0.15) is 12.3 Å². The second-order valence-electron chi connectivity index (χ2n) is 3.72. The lowest BCUT2D eigenvalue weighted by molar-refractivity contribution is -0.210. The number of carbonyl (C=O) groups is 2. The molecule has 0 aromatic heterocycles. The van der Waals surface area contributed by atoms with Gasteiger partial charge in [-0.2, -0.15) is 5.06 Å².